The first-order valence-electron chi connectivity index (χ1n) is 9.32. The standard InChI is InChI=1S/C20H25N3O3/c1-25-15-7-4-14(5-8-15)6-9-19(24)23-11-2-3-18(23)20-16-13-26-12-10-17(16)21-22-20/h4-5,7-8,18H,2-3,6,9-13H2,1H3,(H,21,22). The minimum atomic E-state index is 0.0834. The molecule has 4 rings (SSSR count). The van der Waals surface area contributed by atoms with Crippen molar-refractivity contribution >= 4 is 5.91 Å². The summed E-state index contributed by atoms with van der Waals surface area (Å²) in [6, 6.07) is 8.01. The monoisotopic (exact) mass is 355 g/mol. The lowest BCUT2D eigenvalue weighted by atomic mass is 10.0. The van der Waals surface area contributed by atoms with Gasteiger partial charge in [-0.1, -0.05) is 12.1 Å². The molecule has 0 bridgehead atoms. The van der Waals surface area contributed by atoms with Gasteiger partial charge in [-0.2, -0.15) is 5.10 Å². The highest BCUT2D eigenvalue weighted by molar-refractivity contribution is 5.77. The van der Waals surface area contributed by atoms with Gasteiger partial charge in [-0.3, -0.25) is 9.89 Å². The molecule has 6 heteroatoms. The van der Waals surface area contributed by atoms with Gasteiger partial charge < -0.3 is 14.4 Å². The van der Waals surface area contributed by atoms with E-state index >= 15 is 0 Å². The van der Waals surface area contributed by atoms with Crippen molar-refractivity contribution in [2.75, 3.05) is 20.3 Å². The average molecular weight is 355 g/mol. The molecule has 1 aromatic heterocycles. The molecule has 1 N–H and O–H groups in total. The second-order valence-electron chi connectivity index (χ2n) is 6.96. The van der Waals surface area contributed by atoms with E-state index in [0.29, 0.717) is 13.0 Å². The maximum atomic E-state index is 12.8. The van der Waals surface area contributed by atoms with Gasteiger partial charge in [0.15, 0.2) is 0 Å². The summed E-state index contributed by atoms with van der Waals surface area (Å²) in [5, 5.41) is 7.69. The number of hydrogen-bond donors (Lipinski definition) is 1. The van der Waals surface area contributed by atoms with Crippen LogP contribution in [0.1, 0.15) is 47.8 Å². The zero-order valence-corrected chi connectivity index (χ0v) is 15.2. The highest BCUT2D eigenvalue weighted by Crippen LogP contribution is 2.35. The summed E-state index contributed by atoms with van der Waals surface area (Å²) in [4.78, 5) is 14.9. The average Bonchev–Trinajstić information content (AvgIpc) is 3.33. The van der Waals surface area contributed by atoms with Crippen LogP contribution in [0.4, 0.5) is 0 Å². The van der Waals surface area contributed by atoms with E-state index < -0.39 is 0 Å². The summed E-state index contributed by atoms with van der Waals surface area (Å²) < 4.78 is 10.8. The summed E-state index contributed by atoms with van der Waals surface area (Å²) in [7, 11) is 1.66. The lowest BCUT2D eigenvalue weighted by Crippen LogP contribution is -2.31. The molecule has 1 unspecified atom stereocenters. The van der Waals surface area contributed by atoms with E-state index in [1.807, 2.05) is 29.2 Å². The lowest BCUT2D eigenvalue weighted by Gasteiger charge is -2.25. The number of ether oxygens (including phenoxy) is 2. The number of rotatable bonds is 5. The number of benzene rings is 1. The van der Waals surface area contributed by atoms with Crippen LogP contribution in [-0.4, -0.2) is 41.3 Å². The Hall–Kier alpha value is -2.34. The first kappa shape index (κ1) is 17.1. The Morgan fingerprint density at radius 2 is 2.23 bits per heavy atom. The molecule has 2 aliphatic heterocycles. The Labute approximate surface area is 153 Å². The van der Waals surface area contributed by atoms with Gasteiger partial charge in [-0.25, -0.2) is 0 Å². The van der Waals surface area contributed by atoms with Crippen molar-refractivity contribution in [3.05, 3.63) is 46.8 Å². The van der Waals surface area contributed by atoms with E-state index in [0.717, 1.165) is 61.4 Å². The van der Waals surface area contributed by atoms with Crippen molar-refractivity contribution in [3.8, 4) is 5.75 Å². The van der Waals surface area contributed by atoms with Gasteiger partial charge in [0.2, 0.25) is 5.91 Å². The molecule has 1 fully saturated rings. The number of H-pyrrole nitrogens is 1. The molecule has 6 nitrogen and oxygen atoms in total. The summed E-state index contributed by atoms with van der Waals surface area (Å²) in [5.41, 5.74) is 4.50. The highest BCUT2D eigenvalue weighted by Gasteiger charge is 2.34. The first-order chi connectivity index (χ1) is 12.8. The number of amides is 1. The van der Waals surface area contributed by atoms with E-state index in [2.05, 4.69) is 10.2 Å². The van der Waals surface area contributed by atoms with Gasteiger partial charge in [0, 0.05) is 30.6 Å². The molecular formula is C20H25N3O3. The van der Waals surface area contributed by atoms with Crippen molar-refractivity contribution in [3.63, 3.8) is 0 Å². The van der Waals surface area contributed by atoms with Gasteiger partial charge in [0.05, 0.1) is 32.1 Å². The second-order valence-corrected chi connectivity index (χ2v) is 6.96. The van der Waals surface area contributed by atoms with Crippen molar-refractivity contribution in [1.82, 2.24) is 15.1 Å². The van der Waals surface area contributed by atoms with Gasteiger partial charge in [-0.15, -0.1) is 0 Å². The van der Waals surface area contributed by atoms with Gasteiger partial charge >= 0.3 is 0 Å². The molecule has 138 valence electrons. The summed E-state index contributed by atoms with van der Waals surface area (Å²) in [5.74, 6) is 1.04. The van der Waals surface area contributed by atoms with Crippen molar-refractivity contribution in [2.45, 2.75) is 44.8 Å². The van der Waals surface area contributed by atoms with Crippen molar-refractivity contribution in [1.29, 1.82) is 0 Å². The van der Waals surface area contributed by atoms with Crippen LogP contribution < -0.4 is 4.74 Å². The Bertz CT molecular complexity index is 769. The number of nitrogens with one attached hydrogen (secondary N) is 1. The number of nitrogens with zero attached hydrogens (tertiary/aromatic N) is 2. The molecule has 0 aliphatic carbocycles. The molecule has 0 spiro atoms. The molecule has 26 heavy (non-hydrogen) atoms. The molecular weight excluding hydrogens is 330 g/mol. The minimum absolute atomic E-state index is 0.0834. The SMILES string of the molecule is COc1ccc(CCC(=O)N2CCCC2c2n[nH]c3c2COCC3)cc1. The molecule has 1 aromatic carbocycles. The summed E-state index contributed by atoms with van der Waals surface area (Å²) >= 11 is 0. The largest absolute Gasteiger partial charge is 0.497 e. The Morgan fingerprint density at radius 1 is 1.38 bits per heavy atom. The first-order valence-corrected chi connectivity index (χ1v) is 9.32. The van der Waals surface area contributed by atoms with Crippen LogP contribution in [0.5, 0.6) is 5.75 Å². The van der Waals surface area contributed by atoms with E-state index in [9.17, 15) is 4.79 Å². The van der Waals surface area contributed by atoms with E-state index in [-0.39, 0.29) is 11.9 Å². The van der Waals surface area contributed by atoms with Crippen LogP contribution in [0.2, 0.25) is 0 Å². The minimum Gasteiger partial charge on any atom is -0.497 e. The molecule has 0 radical (unpaired) electrons. The Balaban J connectivity index is 1.42. The van der Waals surface area contributed by atoms with Crippen molar-refractivity contribution < 1.29 is 14.3 Å². The number of carbonyl (C=O) groups excluding carboxylic acids is 1. The fourth-order valence-corrected chi connectivity index (χ4v) is 3.95. The Morgan fingerprint density at radius 3 is 3.04 bits per heavy atom. The zero-order valence-electron chi connectivity index (χ0n) is 15.2. The van der Waals surface area contributed by atoms with Crippen LogP contribution in [0.25, 0.3) is 0 Å². The molecule has 2 aromatic rings. The number of carbonyl (C=O) groups is 1. The number of methoxy groups -OCH3 is 1. The molecule has 1 saturated heterocycles. The smallest absolute Gasteiger partial charge is 0.223 e. The molecule has 0 saturated carbocycles. The fourth-order valence-electron chi connectivity index (χ4n) is 3.95. The van der Waals surface area contributed by atoms with Crippen LogP contribution in [0.3, 0.4) is 0 Å². The van der Waals surface area contributed by atoms with Gasteiger partial charge in [0.25, 0.3) is 0 Å². The molecule has 3 heterocycles. The summed E-state index contributed by atoms with van der Waals surface area (Å²) in [6.45, 7) is 2.16. The topological polar surface area (TPSA) is 67.5 Å². The van der Waals surface area contributed by atoms with Crippen molar-refractivity contribution in [2.24, 2.45) is 0 Å². The van der Waals surface area contributed by atoms with Gasteiger partial charge in [0.1, 0.15) is 5.75 Å². The van der Waals surface area contributed by atoms with E-state index in [4.69, 9.17) is 9.47 Å². The third-order valence-corrected chi connectivity index (χ3v) is 5.40. The number of likely N-dealkylation sites (tertiary alicyclic amines) is 1. The molecule has 2 aliphatic rings. The highest BCUT2D eigenvalue weighted by atomic mass is 16.5. The number of fused-ring (bicyclic) bond motifs is 1. The van der Waals surface area contributed by atoms with Crippen LogP contribution in [0, 0.1) is 0 Å². The fraction of sp³-hybridized carbons (Fsp3) is 0.500. The number of hydrogen-bond acceptors (Lipinski definition) is 4. The number of aromatic nitrogens is 2. The lowest BCUT2D eigenvalue weighted by molar-refractivity contribution is -0.132. The molecule has 1 atom stereocenters. The maximum absolute atomic E-state index is 12.8. The summed E-state index contributed by atoms with van der Waals surface area (Å²) in [6.07, 6.45) is 4.15. The van der Waals surface area contributed by atoms with E-state index in [1.54, 1.807) is 7.11 Å². The third kappa shape index (κ3) is 3.33. The predicted molar refractivity (Wildman–Crippen MR) is 97.0 cm³/mol. The van der Waals surface area contributed by atoms with Crippen LogP contribution in [0.15, 0.2) is 24.3 Å². The van der Waals surface area contributed by atoms with E-state index in [1.165, 1.54) is 5.69 Å². The maximum Gasteiger partial charge on any atom is 0.223 e. The quantitative estimate of drug-likeness (QED) is 0.896. The molecule has 1 amide bonds. The Kier molecular flexibility index (Phi) is 4.93. The number of aryl methyl sites for hydroxylation is 1. The van der Waals surface area contributed by atoms with Crippen LogP contribution >= 0.6 is 0 Å². The third-order valence-electron chi connectivity index (χ3n) is 5.40. The second kappa shape index (κ2) is 7.50. The predicted octanol–water partition coefficient (Wildman–Crippen LogP) is 2.79. The number of aromatic amines is 1. The van der Waals surface area contributed by atoms with Gasteiger partial charge in [-0.05, 0) is 37.0 Å². The normalized spacial score (nSPS) is 19.4. The van der Waals surface area contributed by atoms with Crippen LogP contribution in [-0.2, 0) is 29.0 Å². The zero-order chi connectivity index (χ0) is 17.9.